The number of hydrogen-bond acceptors (Lipinski definition) is 3. The molecule has 1 aromatic rings. The summed E-state index contributed by atoms with van der Waals surface area (Å²) < 4.78 is 5.69. The number of carboxylic acid groups (broad SMARTS) is 1. The maximum atomic E-state index is 12.1. The van der Waals surface area contributed by atoms with Crippen molar-refractivity contribution in [3.63, 3.8) is 0 Å². The van der Waals surface area contributed by atoms with Gasteiger partial charge < -0.3 is 14.7 Å². The first-order valence-electron chi connectivity index (χ1n) is 7.75. The highest BCUT2D eigenvalue weighted by molar-refractivity contribution is 5.80. The Morgan fingerprint density at radius 2 is 2.14 bits per heavy atom. The average Bonchev–Trinajstić information content (AvgIpc) is 3.02. The van der Waals surface area contributed by atoms with E-state index in [1.54, 1.807) is 4.90 Å². The zero-order valence-electron chi connectivity index (χ0n) is 13.1. The van der Waals surface area contributed by atoms with Crippen molar-refractivity contribution in [1.29, 1.82) is 0 Å². The number of carboxylic acids is 1. The van der Waals surface area contributed by atoms with Gasteiger partial charge in [-0.2, -0.15) is 0 Å². The van der Waals surface area contributed by atoms with Crippen molar-refractivity contribution < 1.29 is 19.4 Å². The molecular weight excluding hydrogens is 282 g/mol. The predicted molar refractivity (Wildman–Crippen MR) is 83.0 cm³/mol. The lowest BCUT2D eigenvalue weighted by Gasteiger charge is -2.18. The second kappa shape index (κ2) is 7.29. The molecule has 1 fully saturated rings. The first kappa shape index (κ1) is 16.3. The molecule has 1 aliphatic rings. The lowest BCUT2D eigenvalue weighted by Crippen LogP contribution is -2.33. The molecule has 120 valence electrons. The van der Waals surface area contributed by atoms with E-state index in [2.05, 4.69) is 13.8 Å². The number of rotatable bonds is 6. The van der Waals surface area contributed by atoms with E-state index in [1.165, 1.54) is 0 Å². The number of ether oxygens (including phenoxy) is 1. The zero-order valence-corrected chi connectivity index (χ0v) is 13.1. The van der Waals surface area contributed by atoms with Crippen LogP contribution in [0.3, 0.4) is 0 Å². The third-order valence-electron chi connectivity index (χ3n) is 4.30. The first-order valence-corrected chi connectivity index (χ1v) is 7.75. The first-order chi connectivity index (χ1) is 10.5. The third-order valence-corrected chi connectivity index (χ3v) is 4.30. The fraction of sp³-hybridized carbons (Fsp3) is 0.529. The molecule has 1 N–H and O–H groups in total. The summed E-state index contributed by atoms with van der Waals surface area (Å²) in [4.78, 5) is 24.7. The number of aliphatic carboxylic acids is 1. The standard InChI is InChI=1S/C17H23NO4/c1-3-12(2)14-6-4-5-7-15(14)22-11-16(19)18-9-8-13(10-18)17(20)21/h4-7,12-13H,3,8-11H2,1-2H3,(H,20,21). The van der Waals surface area contributed by atoms with Gasteiger partial charge in [0.05, 0.1) is 5.92 Å². The van der Waals surface area contributed by atoms with Gasteiger partial charge in [-0.25, -0.2) is 0 Å². The van der Waals surface area contributed by atoms with Gasteiger partial charge in [0.25, 0.3) is 5.91 Å². The molecule has 0 radical (unpaired) electrons. The topological polar surface area (TPSA) is 66.8 Å². The van der Waals surface area contributed by atoms with Gasteiger partial charge in [-0.05, 0) is 30.4 Å². The van der Waals surface area contributed by atoms with E-state index >= 15 is 0 Å². The average molecular weight is 305 g/mol. The van der Waals surface area contributed by atoms with Crippen LogP contribution < -0.4 is 4.74 Å². The van der Waals surface area contributed by atoms with Crippen LogP contribution in [0, 0.1) is 5.92 Å². The molecule has 1 aromatic carbocycles. The summed E-state index contributed by atoms with van der Waals surface area (Å²) in [7, 11) is 0. The van der Waals surface area contributed by atoms with Gasteiger partial charge in [0, 0.05) is 13.1 Å². The van der Waals surface area contributed by atoms with Gasteiger partial charge in [0.1, 0.15) is 5.75 Å². The Morgan fingerprint density at radius 3 is 2.77 bits per heavy atom. The maximum Gasteiger partial charge on any atom is 0.308 e. The van der Waals surface area contributed by atoms with Crippen molar-refractivity contribution in [2.75, 3.05) is 19.7 Å². The van der Waals surface area contributed by atoms with Crippen molar-refractivity contribution in [3.05, 3.63) is 29.8 Å². The lowest BCUT2D eigenvalue weighted by atomic mass is 9.98. The van der Waals surface area contributed by atoms with E-state index in [9.17, 15) is 9.59 Å². The SMILES string of the molecule is CCC(C)c1ccccc1OCC(=O)N1CCC(C(=O)O)C1. The minimum absolute atomic E-state index is 0.0419. The summed E-state index contributed by atoms with van der Waals surface area (Å²) in [5.41, 5.74) is 1.10. The van der Waals surface area contributed by atoms with E-state index in [0.29, 0.717) is 18.9 Å². The monoisotopic (exact) mass is 305 g/mol. The smallest absolute Gasteiger partial charge is 0.308 e. The Hall–Kier alpha value is -2.04. The molecule has 1 saturated heterocycles. The fourth-order valence-corrected chi connectivity index (χ4v) is 2.66. The highest BCUT2D eigenvalue weighted by atomic mass is 16.5. The molecular formula is C17H23NO4. The van der Waals surface area contributed by atoms with Crippen molar-refractivity contribution >= 4 is 11.9 Å². The number of benzene rings is 1. The van der Waals surface area contributed by atoms with Crippen LogP contribution in [-0.4, -0.2) is 41.6 Å². The zero-order chi connectivity index (χ0) is 16.1. The minimum atomic E-state index is -0.835. The summed E-state index contributed by atoms with van der Waals surface area (Å²) in [6, 6.07) is 7.75. The molecule has 1 aliphatic heterocycles. The number of nitrogens with zero attached hydrogens (tertiary/aromatic N) is 1. The Balaban J connectivity index is 1.93. The molecule has 0 aromatic heterocycles. The Kier molecular flexibility index (Phi) is 5.41. The quantitative estimate of drug-likeness (QED) is 0.877. The van der Waals surface area contributed by atoms with Crippen LogP contribution in [0.4, 0.5) is 0 Å². The molecule has 0 spiro atoms. The van der Waals surface area contributed by atoms with E-state index < -0.39 is 11.9 Å². The van der Waals surface area contributed by atoms with Crippen molar-refractivity contribution in [3.8, 4) is 5.75 Å². The van der Waals surface area contributed by atoms with Crippen molar-refractivity contribution in [2.24, 2.45) is 5.92 Å². The molecule has 1 amide bonds. The van der Waals surface area contributed by atoms with Crippen LogP contribution >= 0.6 is 0 Å². The summed E-state index contributed by atoms with van der Waals surface area (Å²) >= 11 is 0. The largest absolute Gasteiger partial charge is 0.483 e. The van der Waals surface area contributed by atoms with Crippen LogP contribution in [0.25, 0.3) is 0 Å². The highest BCUT2D eigenvalue weighted by Crippen LogP contribution is 2.28. The van der Waals surface area contributed by atoms with Crippen molar-refractivity contribution in [2.45, 2.75) is 32.6 Å². The second-order valence-electron chi connectivity index (χ2n) is 5.80. The van der Waals surface area contributed by atoms with Gasteiger partial charge in [0.15, 0.2) is 6.61 Å². The van der Waals surface area contributed by atoms with E-state index in [-0.39, 0.29) is 19.1 Å². The number of carbonyl (C=O) groups is 2. The number of amides is 1. The number of likely N-dealkylation sites (tertiary alicyclic amines) is 1. The highest BCUT2D eigenvalue weighted by Gasteiger charge is 2.30. The van der Waals surface area contributed by atoms with E-state index in [4.69, 9.17) is 9.84 Å². The van der Waals surface area contributed by atoms with Crippen LogP contribution in [0.15, 0.2) is 24.3 Å². The second-order valence-corrected chi connectivity index (χ2v) is 5.80. The van der Waals surface area contributed by atoms with Crippen LogP contribution in [0.5, 0.6) is 5.75 Å². The minimum Gasteiger partial charge on any atom is -0.483 e. The maximum absolute atomic E-state index is 12.1. The fourth-order valence-electron chi connectivity index (χ4n) is 2.66. The molecule has 2 unspecified atom stereocenters. The van der Waals surface area contributed by atoms with Gasteiger partial charge >= 0.3 is 5.97 Å². The summed E-state index contributed by atoms with van der Waals surface area (Å²) in [6.45, 7) is 4.97. The molecule has 1 heterocycles. The summed E-state index contributed by atoms with van der Waals surface area (Å²) in [5, 5.41) is 8.98. The van der Waals surface area contributed by atoms with Gasteiger partial charge in [-0.3, -0.25) is 9.59 Å². The van der Waals surface area contributed by atoms with E-state index in [0.717, 1.165) is 17.7 Å². The van der Waals surface area contributed by atoms with E-state index in [1.807, 2.05) is 24.3 Å². The molecule has 0 bridgehead atoms. The number of carbonyl (C=O) groups excluding carboxylic acids is 1. The summed E-state index contributed by atoms with van der Waals surface area (Å²) in [5.74, 6) is -0.328. The molecule has 2 rings (SSSR count). The van der Waals surface area contributed by atoms with Crippen LogP contribution in [0.2, 0.25) is 0 Å². The van der Waals surface area contributed by atoms with Gasteiger partial charge in [0.2, 0.25) is 0 Å². The molecule has 0 aliphatic carbocycles. The Bertz CT molecular complexity index is 543. The molecule has 5 heteroatoms. The van der Waals surface area contributed by atoms with Gasteiger partial charge in [-0.15, -0.1) is 0 Å². The normalized spacial score (nSPS) is 19.0. The molecule has 2 atom stereocenters. The third kappa shape index (κ3) is 3.78. The predicted octanol–water partition coefficient (Wildman–Crippen LogP) is 2.51. The Labute approximate surface area is 130 Å². The van der Waals surface area contributed by atoms with Crippen LogP contribution in [0.1, 0.15) is 38.2 Å². The Morgan fingerprint density at radius 1 is 1.41 bits per heavy atom. The molecule has 22 heavy (non-hydrogen) atoms. The number of hydrogen-bond donors (Lipinski definition) is 1. The van der Waals surface area contributed by atoms with Crippen LogP contribution in [-0.2, 0) is 9.59 Å². The van der Waals surface area contributed by atoms with Crippen molar-refractivity contribution in [1.82, 2.24) is 4.90 Å². The lowest BCUT2D eigenvalue weighted by molar-refractivity contribution is -0.141. The molecule has 5 nitrogen and oxygen atoms in total. The van der Waals surface area contributed by atoms with Gasteiger partial charge in [-0.1, -0.05) is 32.0 Å². The molecule has 0 saturated carbocycles. The summed E-state index contributed by atoms with van der Waals surface area (Å²) in [6.07, 6.45) is 1.52. The number of para-hydroxylation sites is 1.